The molecule has 4 nitrogen and oxygen atoms in total. The molecule has 120 valence electrons. The van der Waals surface area contributed by atoms with Crippen LogP contribution in [0.5, 0.6) is 5.75 Å². The van der Waals surface area contributed by atoms with E-state index < -0.39 is 0 Å². The van der Waals surface area contributed by atoms with Crippen molar-refractivity contribution in [3.63, 3.8) is 0 Å². The minimum absolute atomic E-state index is 0.306. The lowest BCUT2D eigenvalue weighted by Crippen LogP contribution is -2.17. The topological polar surface area (TPSA) is 39.1 Å². The van der Waals surface area contributed by atoms with Crippen LogP contribution in [-0.2, 0) is 20.2 Å². The van der Waals surface area contributed by atoms with Crippen molar-refractivity contribution in [3.05, 3.63) is 70.4 Å². The zero-order chi connectivity index (χ0) is 16.1. The summed E-state index contributed by atoms with van der Waals surface area (Å²) in [4.78, 5) is 5.61. The molecule has 23 heavy (non-hydrogen) atoms. The fraction of sp³-hybridized carbons (Fsp3) is 0.278. The van der Waals surface area contributed by atoms with E-state index in [0.29, 0.717) is 12.6 Å². The molecule has 0 radical (unpaired) electrons. The third-order valence-corrected chi connectivity index (χ3v) is 4.71. The van der Waals surface area contributed by atoms with Gasteiger partial charge in [0, 0.05) is 36.9 Å². The number of aromatic nitrogens is 2. The van der Waals surface area contributed by atoms with Crippen LogP contribution in [0.2, 0.25) is 0 Å². The number of aryl methyl sites for hydroxylation is 1. The molecule has 0 aliphatic rings. The van der Waals surface area contributed by atoms with Crippen LogP contribution in [0, 0.1) is 0 Å². The van der Waals surface area contributed by atoms with Crippen LogP contribution >= 0.6 is 11.3 Å². The van der Waals surface area contributed by atoms with Gasteiger partial charge in [-0.05, 0) is 36.1 Å². The average molecular weight is 327 g/mol. The Morgan fingerprint density at radius 1 is 1.26 bits per heavy atom. The smallest absolute Gasteiger partial charge is 0.146 e. The number of hydrogen-bond acceptors (Lipinski definition) is 4. The van der Waals surface area contributed by atoms with Gasteiger partial charge in [-0.1, -0.05) is 18.2 Å². The molecular weight excluding hydrogens is 306 g/mol. The van der Waals surface area contributed by atoms with Gasteiger partial charge in [-0.15, -0.1) is 11.3 Å². The van der Waals surface area contributed by atoms with Gasteiger partial charge in [0.2, 0.25) is 0 Å². The van der Waals surface area contributed by atoms with E-state index in [4.69, 9.17) is 4.74 Å². The molecule has 1 atom stereocenters. The molecule has 1 aromatic carbocycles. The van der Waals surface area contributed by atoms with Crippen molar-refractivity contribution in [2.45, 2.75) is 26.1 Å². The predicted molar refractivity (Wildman–Crippen MR) is 93.6 cm³/mol. The summed E-state index contributed by atoms with van der Waals surface area (Å²) in [5.41, 5.74) is 1.26. The van der Waals surface area contributed by atoms with Gasteiger partial charge in [-0.25, -0.2) is 4.98 Å². The predicted octanol–water partition coefficient (Wildman–Crippen LogP) is 3.91. The van der Waals surface area contributed by atoms with E-state index in [9.17, 15) is 0 Å². The maximum absolute atomic E-state index is 5.78. The third kappa shape index (κ3) is 4.21. The highest BCUT2D eigenvalue weighted by Gasteiger charge is 2.06. The van der Waals surface area contributed by atoms with E-state index in [1.807, 2.05) is 29.9 Å². The molecule has 3 aromatic rings. The van der Waals surface area contributed by atoms with Gasteiger partial charge in [-0.3, -0.25) is 0 Å². The lowest BCUT2D eigenvalue weighted by atomic mass is 10.1. The lowest BCUT2D eigenvalue weighted by Gasteiger charge is -2.14. The Hall–Kier alpha value is -2.11. The number of ether oxygens (including phenoxy) is 1. The van der Waals surface area contributed by atoms with E-state index in [1.54, 1.807) is 17.5 Å². The van der Waals surface area contributed by atoms with Gasteiger partial charge in [0.25, 0.3) is 0 Å². The molecule has 0 amide bonds. The molecular formula is C18H21N3OS. The van der Waals surface area contributed by atoms with Crippen LogP contribution in [0.4, 0.5) is 0 Å². The van der Waals surface area contributed by atoms with E-state index in [-0.39, 0.29) is 0 Å². The summed E-state index contributed by atoms with van der Waals surface area (Å²) < 4.78 is 7.75. The van der Waals surface area contributed by atoms with Crippen molar-refractivity contribution >= 4 is 11.3 Å². The number of benzene rings is 1. The molecule has 5 heteroatoms. The molecule has 0 aliphatic heterocycles. The Balaban J connectivity index is 1.52. The summed E-state index contributed by atoms with van der Waals surface area (Å²) in [5, 5.41) is 5.65. The minimum Gasteiger partial charge on any atom is -0.486 e. The normalized spacial score (nSPS) is 12.3. The van der Waals surface area contributed by atoms with Gasteiger partial charge in [0.05, 0.1) is 0 Å². The second kappa shape index (κ2) is 7.44. The maximum Gasteiger partial charge on any atom is 0.146 e. The fourth-order valence-electron chi connectivity index (χ4n) is 2.32. The Morgan fingerprint density at radius 2 is 2.09 bits per heavy atom. The number of hydrogen-bond donors (Lipinski definition) is 1. The fourth-order valence-corrected chi connectivity index (χ4v) is 2.98. The van der Waals surface area contributed by atoms with E-state index in [0.717, 1.165) is 18.1 Å². The molecule has 0 fully saturated rings. The van der Waals surface area contributed by atoms with Gasteiger partial charge < -0.3 is 14.6 Å². The first-order chi connectivity index (χ1) is 11.2. The Morgan fingerprint density at radius 3 is 2.74 bits per heavy atom. The van der Waals surface area contributed by atoms with Gasteiger partial charge >= 0.3 is 0 Å². The summed E-state index contributed by atoms with van der Waals surface area (Å²) >= 11 is 1.78. The summed E-state index contributed by atoms with van der Waals surface area (Å²) in [7, 11) is 1.97. The zero-order valence-electron chi connectivity index (χ0n) is 13.4. The Bertz CT molecular complexity index is 719. The summed E-state index contributed by atoms with van der Waals surface area (Å²) in [6.07, 6.45) is 3.70. The summed E-state index contributed by atoms with van der Waals surface area (Å²) in [5.74, 6) is 1.78. The highest BCUT2D eigenvalue weighted by Crippen LogP contribution is 2.19. The van der Waals surface area contributed by atoms with Crippen LogP contribution in [0.3, 0.4) is 0 Å². The van der Waals surface area contributed by atoms with Crippen LogP contribution < -0.4 is 10.1 Å². The van der Waals surface area contributed by atoms with Crippen LogP contribution in [-0.4, -0.2) is 9.55 Å². The van der Waals surface area contributed by atoms with E-state index in [2.05, 4.69) is 46.9 Å². The first-order valence-corrected chi connectivity index (χ1v) is 8.55. The van der Waals surface area contributed by atoms with Crippen molar-refractivity contribution in [3.8, 4) is 5.75 Å². The van der Waals surface area contributed by atoms with Crippen molar-refractivity contribution in [2.24, 2.45) is 7.05 Å². The molecule has 0 spiro atoms. The second-order valence-corrected chi connectivity index (χ2v) is 6.53. The first kappa shape index (κ1) is 15.8. The van der Waals surface area contributed by atoms with Crippen molar-refractivity contribution < 1.29 is 4.74 Å². The average Bonchev–Trinajstić information content (AvgIpc) is 3.23. The monoisotopic (exact) mass is 327 g/mol. The molecule has 3 rings (SSSR count). The maximum atomic E-state index is 5.78. The van der Waals surface area contributed by atoms with E-state index >= 15 is 0 Å². The highest BCUT2D eigenvalue weighted by molar-refractivity contribution is 7.09. The second-order valence-electron chi connectivity index (χ2n) is 5.49. The molecule has 2 heterocycles. The molecule has 0 bridgehead atoms. The Kier molecular flexibility index (Phi) is 5.10. The van der Waals surface area contributed by atoms with Crippen molar-refractivity contribution in [1.29, 1.82) is 0 Å². The van der Waals surface area contributed by atoms with Gasteiger partial charge in [0.1, 0.15) is 18.2 Å². The molecule has 1 N–H and O–H groups in total. The summed E-state index contributed by atoms with van der Waals surface area (Å²) in [6, 6.07) is 12.8. The first-order valence-electron chi connectivity index (χ1n) is 7.67. The van der Waals surface area contributed by atoms with Crippen molar-refractivity contribution in [2.75, 3.05) is 0 Å². The number of nitrogens with zero attached hydrogens (tertiary/aromatic N) is 2. The van der Waals surface area contributed by atoms with E-state index in [1.165, 1.54) is 10.4 Å². The van der Waals surface area contributed by atoms with Crippen LogP contribution in [0.15, 0.2) is 54.2 Å². The van der Waals surface area contributed by atoms with Crippen molar-refractivity contribution in [1.82, 2.24) is 14.9 Å². The number of nitrogens with one attached hydrogen (secondary N) is 1. The molecule has 0 saturated carbocycles. The number of imidazole rings is 1. The zero-order valence-corrected chi connectivity index (χ0v) is 14.2. The SMILES string of the molecule is CC(NCc1cccs1)c1ccc(OCc2nccn2C)cc1. The lowest BCUT2D eigenvalue weighted by molar-refractivity contribution is 0.291. The van der Waals surface area contributed by atoms with Gasteiger partial charge in [-0.2, -0.15) is 0 Å². The van der Waals surface area contributed by atoms with Gasteiger partial charge in [0.15, 0.2) is 0 Å². The molecule has 2 aromatic heterocycles. The Labute approximate surface area is 140 Å². The highest BCUT2D eigenvalue weighted by atomic mass is 32.1. The molecule has 0 saturated heterocycles. The minimum atomic E-state index is 0.306. The number of rotatable bonds is 7. The quantitative estimate of drug-likeness (QED) is 0.715. The summed E-state index contributed by atoms with van der Waals surface area (Å²) in [6.45, 7) is 3.56. The largest absolute Gasteiger partial charge is 0.486 e. The third-order valence-electron chi connectivity index (χ3n) is 3.83. The standard InChI is InChI=1S/C18H21N3OS/c1-14(20-12-17-4-3-11-23-17)15-5-7-16(8-6-15)22-13-18-19-9-10-21(18)2/h3-11,14,20H,12-13H2,1-2H3. The number of thiophene rings is 1. The molecule has 1 unspecified atom stereocenters. The van der Waals surface area contributed by atoms with Crippen LogP contribution in [0.1, 0.15) is 29.2 Å². The molecule has 0 aliphatic carbocycles. The van der Waals surface area contributed by atoms with Crippen LogP contribution in [0.25, 0.3) is 0 Å².